The fourth-order valence-electron chi connectivity index (χ4n) is 3.38. The van der Waals surface area contributed by atoms with Crippen molar-refractivity contribution < 1.29 is 0 Å². The predicted octanol–water partition coefficient (Wildman–Crippen LogP) is 6.33. The van der Waals surface area contributed by atoms with Crippen molar-refractivity contribution in [3.05, 3.63) is 58.7 Å². The van der Waals surface area contributed by atoms with Crippen molar-refractivity contribution >= 4 is 40.7 Å². The van der Waals surface area contributed by atoms with Crippen molar-refractivity contribution in [3.63, 3.8) is 0 Å². The monoisotopic (exact) mass is 413 g/mol. The first kappa shape index (κ1) is 19.0. The van der Waals surface area contributed by atoms with E-state index in [2.05, 4.69) is 20.6 Å². The van der Waals surface area contributed by atoms with Gasteiger partial charge in [-0.2, -0.15) is 4.98 Å². The minimum absolute atomic E-state index is 0.398. The first-order valence-corrected chi connectivity index (χ1v) is 10.2. The van der Waals surface area contributed by atoms with E-state index >= 15 is 0 Å². The average molecular weight is 414 g/mol. The molecule has 2 heterocycles. The van der Waals surface area contributed by atoms with Crippen LogP contribution >= 0.6 is 23.2 Å². The molecule has 1 saturated carbocycles. The second-order valence-corrected chi connectivity index (χ2v) is 7.75. The summed E-state index contributed by atoms with van der Waals surface area (Å²) in [7, 11) is 0. The van der Waals surface area contributed by atoms with Crippen LogP contribution in [0, 0.1) is 0 Å². The molecule has 1 aliphatic carbocycles. The number of anilines is 3. The van der Waals surface area contributed by atoms with E-state index in [4.69, 9.17) is 28.2 Å². The van der Waals surface area contributed by atoms with Crippen LogP contribution in [0.25, 0.3) is 11.4 Å². The number of rotatable bonds is 5. The zero-order chi connectivity index (χ0) is 19.3. The van der Waals surface area contributed by atoms with Crippen LogP contribution in [0.15, 0.2) is 48.7 Å². The second kappa shape index (κ2) is 8.76. The van der Waals surface area contributed by atoms with E-state index in [1.165, 1.54) is 19.3 Å². The van der Waals surface area contributed by atoms with Crippen molar-refractivity contribution in [2.24, 2.45) is 0 Å². The lowest BCUT2D eigenvalue weighted by atomic mass is 9.96. The molecule has 144 valence electrons. The molecule has 28 heavy (non-hydrogen) atoms. The van der Waals surface area contributed by atoms with E-state index in [0.717, 1.165) is 24.2 Å². The van der Waals surface area contributed by atoms with Crippen LogP contribution in [-0.2, 0) is 0 Å². The third-order valence-electron chi connectivity index (χ3n) is 4.78. The minimum atomic E-state index is 0.398. The Labute approximate surface area is 174 Å². The van der Waals surface area contributed by atoms with Gasteiger partial charge < -0.3 is 10.6 Å². The van der Waals surface area contributed by atoms with Crippen molar-refractivity contribution in [3.8, 4) is 11.4 Å². The molecule has 5 nitrogen and oxygen atoms in total. The lowest BCUT2D eigenvalue weighted by Crippen LogP contribution is -2.23. The lowest BCUT2D eigenvalue weighted by molar-refractivity contribution is 0.461. The average Bonchev–Trinajstić information content (AvgIpc) is 2.72. The highest BCUT2D eigenvalue weighted by molar-refractivity contribution is 6.35. The number of aromatic nitrogens is 3. The van der Waals surface area contributed by atoms with E-state index in [1.807, 2.05) is 24.3 Å². The zero-order valence-corrected chi connectivity index (χ0v) is 16.8. The molecule has 1 aliphatic rings. The largest absolute Gasteiger partial charge is 0.351 e. The molecular weight excluding hydrogens is 393 g/mol. The van der Waals surface area contributed by atoms with Crippen molar-refractivity contribution in [1.82, 2.24) is 15.0 Å². The van der Waals surface area contributed by atoms with E-state index in [1.54, 1.807) is 24.4 Å². The SMILES string of the molecule is Clc1ccc(Cl)c(Nc2cc(-c3ccccn3)nc(NC3CCCCC3)n2)c1. The number of nitrogens with one attached hydrogen (secondary N) is 2. The highest BCUT2D eigenvalue weighted by atomic mass is 35.5. The Morgan fingerprint density at radius 1 is 0.893 bits per heavy atom. The molecule has 4 rings (SSSR count). The van der Waals surface area contributed by atoms with Gasteiger partial charge >= 0.3 is 0 Å². The first-order chi connectivity index (χ1) is 13.7. The van der Waals surface area contributed by atoms with Gasteiger partial charge in [0.25, 0.3) is 0 Å². The molecule has 7 heteroatoms. The molecule has 0 aliphatic heterocycles. The smallest absolute Gasteiger partial charge is 0.225 e. The molecule has 2 aromatic heterocycles. The van der Waals surface area contributed by atoms with Crippen molar-refractivity contribution in [2.45, 2.75) is 38.1 Å². The number of halogens is 2. The van der Waals surface area contributed by atoms with Crippen LogP contribution in [0.4, 0.5) is 17.5 Å². The van der Waals surface area contributed by atoms with E-state index in [9.17, 15) is 0 Å². The van der Waals surface area contributed by atoms with Crippen LogP contribution in [-0.4, -0.2) is 21.0 Å². The van der Waals surface area contributed by atoms with Gasteiger partial charge in [0.15, 0.2) is 0 Å². The fraction of sp³-hybridized carbons (Fsp3) is 0.286. The summed E-state index contributed by atoms with van der Waals surface area (Å²) in [4.78, 5) is 13.8. The Bertz CT molecular complexity index is 943. The van der Waals surface area contributed by atoms with Crippen LogP contribution in [0.2, 0.25) is 10.0 Å². The van der Waals surface area contributed by atoms with Gasteiger partial charge in [0.05, 0.1) is 22.1 Å². The molecule has 0 unspecified atom stereocenters. The number of benzene rings is 1. The minimum Gasteiger partial charge on any atom is -0.351 e. The van der Waals surface area contributed by atoms with Crippen LogP contribution in [0.5, 0.6) is 0 Å². The standard InChI is InChI=1S/C21H21Cl2N5/c22-14-9-10-16(23)18(12-14)26-20-13-19(17-8-4-5-11-24-17)27-21(28-20)25-15-6-2-1-3-7-15/h4-5,8-13,15H,1-3,6-7H2,(H2,25,26,27,28). The Morgan fingerprint density at radius 3 is 2.54 bits per heavy atom. The number of pyridine rings is 1. The van der Waals surface area contributed by atoms with Crippen molar-refractivity contribution in [1.29, 1.82) is 0 Å². The third-order valence-corrected chi connectivity index (χ3v) is 5.35. The molecule has 0 radical (unpaired) electrons. The fourth-order valence-corrected chi connectivity index (χ4v) is 3.72. The summed E-state index contributed by atoms with van der Waals surface area (Å²) in [5.41, 5.74) is 2.23. The summed E-state index contributed by atoms with van der Waals surface area (Å²) in [6.45, 7) is 0. The Balaban J connectivity index is 1.67. The molecule has 0 amide bonds. The number of hydrogen-bond acceptors (Lipinski definition) is 5. The summed E-state index contributed by atoms with van der Waals surface area (Å²) in [6.07, 6.45) is 7.81. The lowest BCUT2D eigenvalue weighted by Gasteiger charge is -2.23. The Hall–Kier alpha value is -2.37. The topological polar surface area (TPSA) is 62.7 Å². The molecule has 1 aromatic carbocycles. The van der Waals surface area contributed by atoms with Gasteiger partial charge in [-0.05, 0) is 43.2 Å². The first-order valence-electron chi connectivity index (χ1n) is 9.46. The van der Waals surface area contributed by atoms with E-state index in [-0.39, 0.29) is 0 Å². The zero-order valence-electron chi connectivity index (χ0n) is 15.3. The summed E-state index contributed by atoms with van der Waals surface area (Å²) in [5.74, 6) is 1.23. The normalized spacial score (nSPS) is 14.6. The third kappa shape index (κ3) is 4.72. The maximum Gasteiger partial charge on any atom is 0.225 e. The molecular formula is C21H21Cl2N5. The van der Waals surface area contributed by atoms with Gasteiger partial charge in [-0.25, -0.2) is 4.98 Å². The highest BCUT2D eigenvalue weighted by Gasteiger charge is 2.16. The highest BCUT2D eigenvalue weighted by Crippen LogP contribution is 2.30. The molecule has 0 saturated heterocycles. The molecule has 0 bridgehead atoms. The maximum atomic E-state index is 6.31. The van der Waals surface area contributed by atoms with Crippen LogP contribution in [0.3, 0.4) is 0 Å². The predicted molar refractivity (Wildman–Crippen MR) is 116 cm³/mol. The van der Waals surface area contributed by atoms with Gasteiger partial charge in [0.1, 0.15) is 5.82 Å². The number of nitrogens with zero attached hydrogens (tertiary/aromatic N) is 3. The molecule has 1 fully saturated rings. The summed E-state index contributed by atoms with van der Waals surface area (Å²) in [6, 6.07) is 13.3. The van der Waals surface area contributed by atoms with Crippen LogP contribution < -0.4 is 10.6 Å². The molecule has 0 atom stereocenters. The Morgan fingerprint density at radius 2 is 1.75 bits per heavy atom. The summed E-state index contributed by atoms with van der Waals surface area (Å²) < 4.78 is 0. The molecule has 0 spiro atoms. The number of hydrogen-bond donors (Lipinski definition) is 2. The van der Waals surface area contributed by atoms with Crippen molar-refractivity contribution in [2.75, 3.05) is 10.6 Å². The van der Waals surface area contributed by atoms with Gasteiger partial charge in [-0.3, -0.25) is 4.98 Å². The second-order valence-electron chi connectivity index (χ2n) is 6.91. The maximum absolute atomic E-state index is 6.31. The Kier molecular flexibility index (Phi) is 5.93. The van der Waals surface area contributed by atoms with Gasteiger partial charge in [-0.1, -0.05) is 48.5 Å². The van der Waals surface area contributed by atoms with Gasteiger partial charge in [-0.15, -0.1) is 0 Å². The van der Waals surface area contributed by atoms with Crippen LogP contribution in [0.1, 0.15) is 32.1 Å². The quantitative estimate of drug-likeness (QED) is 0.511. The summed E-state index contributed by atoms with van der Waals surface area (Å²) >= 11 is 12.4. The van der Waals surface area contributed by atoms with E-state index in [0.29, 0.717) is 33.5 Å². The molecule has 2 N–H and O–H groups in total. The summed E-state index contributed by atoms with van der Waals surface area (Å²) in [5, 5.41) is 7.94. The van der Waals surface area contributed by atoms with Gasteiger partial charge in [0, 0.05) is 23.3 Å². The molecule has 3 aromatic rings. The van der Waals surface area contributed by atoms with Gasteiger partial charge in [0.2, 0.25) is 5.95 Å². The van der Waals surface area contributed by atoms with E-state index < -0.39 is 0 Å².